The minimum atomic E-state index is 0.438. The Hall–Kier alpha value is -1.75. The second-order valence-electron chi connectivity index (χ2n) is 3.80. The molecule has 0 fully saturated rings. The second kappa shape index (κ2) is 6.99. The van der Waals surface area contributed by atoms with Crippen molar-refractivity contribution in [2.24, 2.45) is 4.99 Å². The largest absolute Gasteiger partial charge is 0.280 e. The summed E-state index contributed by atoms with van der Waals surface area (Å²) in [4.78, 5) is 4.22. The zero-order chi connectivity index (χ0) is 13.5. The fourth-order valence-corrected chi connectivity index (χ4v) is 1.92. The van der Waals surface area contributed by atoms with E-state index >= 15 is 0 Å². The van der Waals surface area contributed by atoms with Crippen molar-refractivity contribution in [2.75, 3.05) is 6.54 Å². The molecule has 0 spiro atoms. The Morgan fingerprint density at radius 1 is 1.05 bits per heavy atom. The van der Waals surface area contributed by atoms with Gasteiger partial charge in [-0.15, -0.1) is 0 Å². The van der Waals surface area contributed by atoms with Crippen LogP contribution < -0.4 is 0 Å². The molecule has 0 aliphatic carbocycles. The van der Waals surface area contributed by atoms with E-state index in [9.17, 15) is 0 Å². The number of hydrogen-bond acceptors (Lipinski definition) is 1. The zero-order valence-electron chi connectivity index (χ0n) is 10.1. The standard InChI is InChI=1S/C16H11Cl2N/c17-15-9-8-14(16(18)11-15)12-19-10-4-7-13-5-2-1-3-6-13/h1-3,5-6,8-9,11-12H,10H2. The fourth-order valence-electron chi connectivity index (χ4n) is 1.46. The Balaban J connectivity index is 1.96. The van der Waals surface area contributed by atoms with Gasteiger partial charge in [-0.2, -0.15) is 0 Å². The van der Waals surface area contributed by atoms with Gasteiger partial charge in [0.05, 0.1) is 5.02 Å². The molecule has 94 valence electrons. The Morgan fingerprint density at radius 3 is 2.58 bits per heavy atom. The first-order chi connectivity index (χ1) is 9.25. The van der Waals surface area contributed by atoms with Crippen LogP contribution in [0.4, 0.5) is 0 Å². The van der Waals surface area contributed by atoms with E-state index in [1.165, 1.54) is 0 Å². The number of rotatable bonds is 2. The van der Waals surface area contributed by atoms with Gasteiger partial charge in [0.1, 0.15) is 6.54 Å². The van der Waals surface area contributed by atoms with Crippen LogP contribution in [-0.4, -0.2) is 12.8 Å². The molecule has 0 heterocycles. The summed E-state index contributed by atoms with van der Waals surface area (Å²) >= 11 is 11.8. The maximum Gasteiger partial charge on any atom is 0.100 e. The molecule has 0 unspecified atom stereocenters. The first-order valence-electron chi connectivity index (χ1n) is 5.74. The average molecular weight is 288 g/mol. The van der Waals surface area contributed by atoms with Crippen LogP contribution in [0.15, 0.2) is 53.5 Å². The maximum atomic E-state index is 6.03. The summed E-state index contributed by atoms with van der Waals surface area (Å²) in [6.07, 6.45) is 1.71. The van der Waals surface area contributed by atoms with Gasteiger partial charge in [-0.05, 0) is 24.3 Å². The molecule has 0 aliphatic rings. The highest BCUT2D eigenvalue weighted by atomic mass is 35.5. The molecule has 1 nitrogen and oxygen atoms in total. The number of nitrogens with zero attached hydrogens (tertiary/aromatic N) is 1. The van der Waals surface area contributed by atoms with Crippen molar-refractivity contribution >= 4 is 29.4 Å². The minimum Gasteiger partial charge on any atom is -0.280 e. The summed E-state index contributed by atoms with van der Waals surface area (Å²) in [6, 6.07) is 15.1. The van der Waals surface area contributed by atoms with Crippen molar-refractivity contribution < 1.29 is 0 Å². The lowest BCUT2D eigenvalue weighted by Gasteiger charge is -1.97. The Morgan fingerprint density at radius 2 is 1.84 bits per heavy atom. The fraction of sp³-hybridized carbons (Fsp3) is 0.0625. The van der Waals surface area contributed by atoms with Gasteiger partial charge in [0.2, 0.25) is 0 Å². The van der Waals surface area contributed by atoms with E-state index in [1.807, 2.05) is 36.4 Å². The van der Waals surface area contributed by atoms with E-state index < -0.39 is 0 Å². The van der Waals surface area contributed by atoms with Crippen LogP contribution in [0, 0.1) is 11.8 Å². The van der Waals surface area contributed by atoms with Crippen LogP contribution in [0.2, 0.25) is 10.0 Å². The van der Waals surface area contributed by atoms with E-state index in [0.717, 1.165) is 11.1 Å². The first kappa shape index (κ1) is 13.7. The number of halogens is 2. The van der Waals surface area contributed by atoms with Gasteiger partial charge in [0, 0.05) is 22.4 Å². The molecule has 0 radical (unpaired) electrons. The molecule has 0 saturated carbocycles. The Bertz CT molecular complexity index is 637. The molecule has 0 atom stereocenters. The van der Waals surface area contributed by atoms with Crippen molar-refractivity contribution in [3.8, 4) is 11.8 Å². The van der Waals surface area contributed by atoms with Crippen molar-refractivity contribution in [2.45, 2.75) is 0 Å². The third kappa shape index (κ3) is 4.44. The van der Waals surface area contributed by atoms with E-state index in [-0.39, 0.29) is 0 Å². The van der Waals surface area contributed by atoms with Gasteiger partial charge in [-0.25, -0.2) is 0 Å². The predicted molar refractivity (Wildman–Crippen MR) is 82.2 cm³/mol. The molecule has 3 heteroatoms. The van der Waals surface area contributed by atoms with Gasteiger partial charge < -0.3 is 0 Å². The monoisotopic (exact) mass is 287 g/mol. The van der Waals surface area contributed by atoms with Crippen LogP contribution in [0.5, 0.6) is 0 Å². The highest BCUT2D eigenvalue weighted by Crippen LogP contribution is 2.19. The SMILES string of the molecule is Clc1ccc(C=NCC#Cc2ccccc2)c(Cl)c1. The summed E-state index contributed by atoms with van der Waals surface area (Å²) < 4.78 is 0. The summed E-state index contributed by atoms with van der Waals surface area (Å²) in [7, 11) is 0. The number of hydrogen-bond donors (Lipinski definition) is 0. The smallest absolute Gasteiger partial charge is 0.100 e. The van der Waals surface area contributed by atoms with Gasteiger partial charge in [-0.3, -0.25) is 4.99 Å². The minimum absolute atomic E-state index is 0.438. The summed E-state index contributed by atoms with van der Waals surface area (Å²) in [5.41, 5.74) is 1.83. The molecule has 0 N–H and O–H groups in total. The third-order valence-corrected chi connectivity index (χ3v) is 2.93. The molecule has 0 amide bonds. The molecule has 2 aromatic carbocycles. The van der Waals surface area contributed by atoms with Crippen molar-refractivity contribution in [3.05, 3.63) is 69.7 Å². The predicted octanol–water partition coefficient (Wildman–Crippen LogP) is 4.46. The Labute approximate surface area is 122 Å². The van der Waals surface area contributed by atoms with Crippen molar-refractivity contribution in [1.82, 2.24) is 0 Å². The van der Waals surface area contributed by atoms with Crippen LogP contribution in [0.1, 0.15) is 11.1 Å². The first-order valence-corrected chi connectivity index (χ1v) is 6.50. The zero-order valence-corrected chi connectivity index (χ0v) is 11.6. The number of benzene rings is 2. The van der Waals surface area contributed by atoms with Crippen LogP contribution in [0.25, 0.3) is 0 Å². The topological polar surface area (TPSA) is 12.4 Å². The summed E-state index contributed by atoms with van der Waals surface area (Å²) in [5, 5.41) is 1.21. The molecular weight excluding hydrogens is 277 g/mol. The van der Waals surface area contributed by atoms with Crippen LogP contribution in [0.3, 0.4) is 0 Å². The summed E-state index contributed by atoms with van der Waals surface area (Å²) in [6.45, 7) is 0.438. The average Bonchev–Trinajstić information content (AvgIpc) is 2.42. The van der Waals surface area contributed by atoms with E-state index in [0.29, 0.717) is 16.6 Å². The molecule has 0 aliphatic heterocycles. The van der Waals surface area contributed by atoms with Crippen molar-refractivity contribution in [1.29, 1.82) is 0 Å². The molecule has 2 rings (SSSR count). The highest BCUT2D eigenvalue weighted by molar-refractivity contribution is 6.36. The van der Waals surface area contributed by atoms with Gasteiger partial charge in [0.15, 0.2) is 0 Å². The molecule has 0 saturated heterocycles. The Kier molecular flexibility index (Phi) is 5.03. The van der Waals surface area contributed by atoms with Crippen LogP contribution in [-0.2, 0) is 0 Å². The summed E-state index contributed by atoms with van der Waals surface area (Å²) in [5.74, 6) is 6.02. The lowest BCUT2D eigenvalue weighted by Crippen LogP contribution is -1.84. The van der Waals surface area contributed by atoms with E-state index in [4.69, 9.17) is 23.2 Å². The lowest BCUT2D eigenvalue weighted by molar-refractivity contribution is 1.30. The third-order valence-electron chi connectivity index (χ3n) is 2.37. The number of aliphatic imine (C=N–C) groups is 1. The molecule has 0 aromatic heterocycles. The highest BCUT2D eigenvalue weighted by Gasteiger charge is 1.96. The van der Waals surface area contributed by atoms with Gasteiger partial charge in [-0.1, -0.05) is 59.3 Å². The lowest BCUT2D eigenvalue weighted by atomic mass is 10.2. The second-order valence-corrected chi connectivity index (χ2v) is 4.65. The molecule has 2 aromatic rings. The normalized spacial score (nSPS) is 10.2. The quantitative estimate of drug-likeness (QED) is 0.571. The maximum absolute atomic E-state index is 6.03. The molecule has 19 heavy (non-hydrogen) atoms. The molecular formula is C16H11Cl2N. The van der Waals surface area contributed by atoms with Gasteiger partial charge >= 0.3 is 0 Å². The van der Waals surface area contributed by atoms with Crippen LogP contribution >= 0.6 is 23.2 Å². The van der Waals surface area contributed by atoms with Gasteiger partial charge in [0.25, 0.3) is 0 Å². The van der Waals surface area contributed by atoms with Crippen molar-refractivity contribution in [3.63, 3.8) is 0 Å². The molecule has 0 bridgehead atoms. The van der Waals surface area contributed by atoms with E-state index in [2.05, 4.69) is 16.8 Å². The van der Waals surface area contributed by atoms with E-state index in [1.54, 1.807) is 18.3 Å².